The number of aromatic nitrogens is 3. The van der Waals surface area contributed by atoms with Crippen molar-refractivity contribution < 1.29 is 4.79 Å². The molecule has 0 saturated carbocycles. The smallest absolute Gasteiger partial charge is 0.240 e. The number of aryl methyl sites for hydroxylation is 1. The van der Waals surface area contributed by atoms with Crippen molar-refractivity contribution in [2.24, 2.45) is 0 Å². The zero-order valence-electron chi connectivity index (χ0n) is 12.5. The molecule has 3 rings (SSSR count). The number of thiazole rings is 1. The second kappa shape index (κ2) is 6.93. The first-order valence-corrected chi connectivity index (χ1v) is 8.30. The van der Waals surface area contributed by atoms with Gasteiger partial charge in [0.2, 0.25) is 5.91 Å². The maximum absolute atomic E-state index is 12.0. The Morgan fingerprint density at radius 3 is 2.86 bits per heavy atom. The van der Waals surface area contributed by atoms with Crippen molar-refractivity contribution in [3.63, 3.8) is 0 Å². The largest absolute Gasteiger partial charge is 0.301 e. The first-order valence-electron chi connectivity index (χ1n) is 7.42. The van der Waals surface area contributed by atoms with Crippen LogP contribution < -0.4 is 5.32 Å². The number of nitrogens with one attached hydrogen (secondary N) is 1. The van der Waals surface area contributed by atoms with Crippen molar-refractivity contribution >= 4 is 22.4 Å². The third-order valence-corrected chi connectivity index (χ3v) is 4.50. The SMILES string of the molecule is Cc1ccnc(C2CCN(CC(=O)Nc3nccs3)CC2)n1. The average Bonchev–Trinajstić information content (AvgIpc) is 3.01. The minimum absolute atomic E-state index is 0.000190. The number of anilines is 1. The Bertz CT molecular complexity index is 623. The number of hydrogen-bond acceptors (Lipinski definition) is 6. The van der Waals surface area contributed by atoms with Crippen LogP contribution in [0.3, 0.4) is 0 Å². The van der Waals surface area contributed by atoms with Gasteiger partial charge in [-0.3, -0.25) is 9.69 Å². The van der Waals surface area contributed by atoms with Crippen molar-refractivity contribution in [1.29, 1.82) is 0 Å². The standard InChI is InChI=1S/C15H19N5OS/c1-11-2-5-16-14(18-11)12-3-7-20(8-4-12)10-13(21)19-15-17-6-9-22-15/h2,5-6,9,12H,3-4,7-8,10H2,1H3,(H,17,19,21). The molecule has 0 spiro atoms. The van der Waals surface area contributed by atoms with Crippen LogP contribution in [0.5, 0.6) is 0 Å². The molecule has 0 aliphatic carbocycles. The van der Waals surface area contributed by atoms with E-state index in [1.54, 1.807) is 6.20 Å². The molecule has 2 aromatic rings. The topological polar surface area (TPSA) is 71.0 Å². The number of hydrogen-bond donors (Lipinski definition) is 1. The fraction of sp³-hybridized carbons (Fsp3) is 0.467. The Balaban J connectivity index is 1.48. The monoisotopic (exact) mass is 317 g/mol. The number of carbonyl (C=O) groups excluding carboxylic acids is 1. The zero-order valence-corrected chi connectivity index (χ0v) is 13.3. The highest BCUT2D eigenvalue weighted by molar-refractivity contribution is 7.13. The normalized spacial score (nSPS) is 16.6. The number of amides is 1. The highest BCUT2D eigenvalue weighted by Crippen LogP contribution is 2.25. The van der Waals surface area contributed by atoms with Gasteiger partial charge in [-0.25, -0.2) is 15.0 Å². The van der Waals surface area contributed by atoms with Gasteiger partial charge >= 0.3 is 0 Å². The minimum atomic E-state index is 0.000190. The molecule has 1 saturated heterocycles. The summed E-state index contributed by atoms with van der Waals surface area (Å²) in [5.41, 5.74) is 1.01. The predicted octanol–water partition coefficient (Wildman–Crippen LogP) is 2.06. The molecule has 2 aromatic heterocycles. The van der Waals surface area contributed by atoms with Gasteiger partial charge in [0.15, 0.2) is 5.13 Å². The number of carbonyl (C=O) groups is 1. The molecule has 0 aromatic carbocycles. The maximum Gasteiger partial charge on any atom is 0.240 e. The van der Waals surface area contributed by atoms with E-state index in [-0.39, 0.29) is 5.91 Å². The van der Waals surface area contributed by atoms with Crippen LogP contribution in [0, 0.1) is 6.92 Å². The molecule has 1 aliphatic rings. The summed E-state index contributed by atoms with van der Waals surface area (Å²) in [6, 6.07) is 1.92. The van der Waals surface area contributed by atoms with Gasteiger partial charge in [0.25, 0.3) is 0 Å². The first kappa shape index (κ1) is 15.1. The molecule has 22 heavy (non-hydrogen) atoms. The number of likely N-dealkylation sites (tertiary alicyclic amines) is 1. The van der Waals surface area contributed by atoms with E-state index < -0.39 is 0 Å². The van der Waals surface area contributed by atoms with Gasteiger partial charge in [-0.05, 0) is 38.9 Å². The molecular weight excluding hydrogens is 298 g/mol. The highest BCUT2D eigenvalue weighted by Gasteiger charge is 2.23. The summed E-state index contributed by atoms with van der Waals surface area (Å²) < 4.78 is 0. The molecule has 3 heterocycles. The summed E-state index contributed by atoms with van der Waals surface area (Å²) in [5, 5.41) is 5.33. The van der Waals surface area contributed by atoms with Gasteiger partial charge < -0.3 is 5.32 Å². The van der Waals surface area contributed by atoms with Gasteiger partial charge in [0, 0.05) is 29.4 Å². The van der Waals surface area contributed by atoms with Crippen molar-refractivity contribution in [3.05, 3.63) is 35.4 Å². The van der Waals surface area contributed by atoms with Gasteiger partial charge in [-0.1, -0.05) is 0 Å². The first-order chi connectivity index (χ1) is 10.7. The van der Waals surface area contributed by atoms with E-state index in [1.807, 2.05) is 24.6 Å². The summed E-state index contributed by atoms with van der Waals surface area (Å²) in [5.74, 6) is 1.34. The molecule has 1 amide bonds. The summed E-state index contributed by atoms with van der Waals surface area (Å²) in [7, 11) is 0. The third-order valence-electron chi connectivity index (χ3n) is 3.81. The van der Waals surface area contributed by atoms with Crippen LogP contribution in [-0.2, 0) is 4.79 Å². The van der Waals surface area contributed by atoms with E-state index in [4.69, 9.17) is 0 Å². The molecule has 0 radical (unpaired) electrons. The van der Waals surface area contributed by atoms with Gasteiger partial charge in [0.05, 0.1) is 6.54 Å². The van der Waals surface area contributed by atoms with Gasteiger partial charge in [0.1, 0.15) is 5.82 Å². The van der Waals surface area contributed by atoms with Crippen molar-refractivity contribution in [2.75, 3.05) is 25.0 Å². The van der Waals surface area contributed by atoms with Crippen LogP contribution >= 0.6 is 11.3 Å². The van der Waals surface area contributed by atoms with E-state index >= 15 is 0 Å². The molecule has 1 aliphatic heterocycles. The van der Waals surface area contributed by atoms with E-state index in [0.29, 0.717) is 17.6 Å². The molecule has 7 heteroatoms. The average molecular weight is 317 g/mol. The highest BCUT2D eigenvalue weighted by atomic mass is 32.1. The number of rotatable bonds is 4. The Morgan fingerprint density at radius 1 is 1.36 bits per heavy atom. The summed E-state index contributed by atoms with van der Waals surface area (Å²) in [4.78, 5) is 27.1. The second-order valence-corrected chi connectivity index (χ2v) is 6.39. The van der Waals surface area contributed by atoms with Crippen molar-refractivity contribution in [3.8, 4) is 0 Å². The molecule has 0 bridgehead atoms. The van der Waals surface area contributed by atoms with Crippen LogP contribution in [0.4, 0.5) is 5.13 Å². The van der Waals surface area contributed by atoms with Gasteiger partial charge in [-0.2, -0.15) is 0 Å². The zero-order chi connectivity index (χ0) is 15.4. The fourth-order valence-corrected chi connectivity index (χ4v) is 3.21. The van der Waals surface area contributed by atoms with Crippen LogP contribution in [-0.4, -0.2) is 45.4 Å². The lowest BCUT2D eigenvalue weighted by Gasteiger charge is -2.30. The minimum Gasteiger partial charge on any atom is -0.301 e. The maximum atomic E-state index is 12.0. The van der Waals surface area contributed by atoms with E-state index in [9.17, 15) is 4.79 Å². The molecule has 1 fully saturated rings. The van der Waals surface area contributed by atoms with E-state index in [0.717, 1.165) is 37.4 Å². The third kappa shape index (κ3) is 3.86. The van der Waals surface area contributed by atoms with Crippen molar-refractivity contribution in [1.82, 2.24) is 19.9 Å². The fourth-order valence-electron chi connectivity index (χ4n) is 2.66. The summed E-state index contributed by atoms with van der Waals surface area (Å²) >= 11 is 1.43. The Hall–Kier alpha value is -1.86. The number of nitrogens with zero attached hydrogens (tertiary/aromatic N) is 4. The lowest BCUT2D eigenvalue weighted by molar-refractivity contribution is -0.117. The number of piperidine rings is 1. The quantitative estimate of drug-likeness (QED) is 0.934. The lowest BCUT2D eigenvalue weighted by Crippen LogP contribution is -2.39. The summed E-state index contributed by atoms with van der Waals surface area (Å²) in [6.07, 6.45) is 5.50. The Kier molecular flexibility index (Phi) is 4.74. The van der Waals surface area contributed by atoms with Crippen LogP contribution in [0.2, 0.25) is 0 Å². The molecule has 6 nitrogen and oxygen atoms in total. The Labute approximate surface area is 133 Å². The van der Waals surface area contributed by atoms with E-state index in [2.05, 4.69) is 25.2 Å². The molecule has 0 atom stereocenters. The van der Waals surface area contributed by atoms with Crippen LogP contribution in [0.1, 0.15) is 30.3 Å². The van der Waals surface area contributed by atoms with Gasteiger partial charge in [-0.15, -0.1) is 11.3 Å². The van der Waals surface area contributed by atoms with Crippen LogP contribution in [0.25, 0.3) is 0 Å². The molecule has 0 unspecified atom stereocenters. The molecule has 116 valence electrons. The summed E-state index contributed by atoms with van der Waals surface area (Å²) in [6.45, 7) is 4.20. The van der Waals surface area contributed by atoms with Crippen LogP contribution in [0.15, 0.2) is 23.8 Å². The molecule has 1 N–H and O–H groups in total. The second-order valence-electron chi connectivity index (χ2n) is 5.49. The molecular formula is C15H19N5OS. The predicted molar refractivity (Wildman–Crippen MR) is 85.9 cm³/mol. The van der Waals surface area contributed by atoms with E-state index in [1.165, 1.54) is 11.3 Å². The Morgan fingerprint density at radius 2 is 2.18 bits per heavy atom. The lowest BCUT2D eigenvalue weighted by atomic mass is 9.96. The van der Waals surface area contributed by atoms with Crippen molar-refractivity contribution in [2.45, 2.75) is 25.7 Å².